The van der Waals surface area contributed by atoms with Crippen LogP contribution in [0.4, 0.5) is 18.9 Å². The number of methoxy groups -OCH3 is 1. The van der Waals surface area contributed by atoms with Crippen molar-refractivity contribution in [2.24, 2.45) is 0 Å². The molecule has 1 aromatic rings. The molecule has 100 valence electrons. The Morgan fingerprint density at radius 1 is 1.39 bits per heavy atom. The van der Waals surface area contributed by atoms with Crippen LogP contribution >= 0.6 is 12.2 Å². The molecule has 0 heterocycles. The Bertz CT molecular complexity index is 412. The van der Waals surface area contributed by atoms with E-state index in [1.54, 1.807) is 24.3 Å². The van der Waals surface area contributed by atoms with Gasteiger partial charge in [0.2, 0.25) is 0 Å². The SMILES string of the molecule is COc1cccc(NC(=S)NNCC(F)(F)F)c1. The second kappa shape index (κ2) is 6.41. The van der Waals surface area contributed by atoms with E-state index in [1.807, 2.05) is 5.43 Å². The molecule has 3 N–H and O–H groups in total. The standard InChI is InChI=1S/C10H12F3N3OS/c1-17-8-4-2-3-7(5-8)15-9(18)16-14-6-10(11,12)13/h2-5,14H,6H2,1H3,(H2,15,16,18). The maximum Gasteiger partial charge on any atom is 0.402 e. The van der Waals surface area contributed by atoms with E-state index in [0.717, 1.165) is 0 Å². The first-order chi connectivity index (χ1) is 8.40. The minimum atomic E-state index is -4.29. The first-order valence-electron chi connectivity index (χ1n) is 4.91. The highest BCUT2D eigenvalue weighted by Crippen LogP contribution is 2.16. The summed E-state index contributed by atoms with van der Waals surface area (Å²) in [6, 6.07) is 6.84. The molecule has 0 unspecified atom stereocenters. The van der Waals surface area contributed by atoms with Crippen molar-refractivity contribution in [1.82, 2.24) is 10.9 Å². The lowest BCUT2D eigenvalue weighted by atomic mass is 10.3. The van der Waals surface area contributed by atoms with E-state index >= 15 is 0 Å². The molecular formula is C10H12F3N3OS. The number of hydrogen-bond donors (Lipinski definition) is 3. The highest BCUT2D eigenvalue weighted by molar-refractivity contribution is 7.80. The van der Waals surface area contributed by atoms with E-state index in [4.69, 9.17) is 17.0 Å². The van der Waals surface area contributed by atoms with Crippen LogP contribution in [0.1, 0.15) is 0 Å². The molecule has 18 heavy (non-hydrogen) atoms. The Labute approximate surface area is 107 Å². The normalized spacial score (nSPS) is 10.9. The summed E-state index contributed by atoms with van der Waals surface area (Å²) in [7, 11) is 1.51. The zero-order valence-corrected chi connectivity index (χ0v) is 10.3. The number of anilines is 1. The fourth-order valence-corrected chi connectivity index (χ4v) is 1.28. The Hall–Kier alpha value is -1.54. The van der Waals surface area contributed by atoms with Crippen molar-refractivity contribution in [3.05, 3.63) is 24.3 Å². The van der Waals surface area contributed by atoms with Crippen LogP contribution < -0.4 is 20.9 Å². The zero-order valence-electron chi connectivity index (χ0n) is 9.47. The molecule has 0 aliphatic heterocycles. The van der Waals surface area contributed by atoms with Crippen LogP contribution in [0.2, 0.25) is 0 Å². The van der Waals surface area contributed by atoms with Gasteiger partial charge in [-0.2, -0.15) is 13.2 Å². The van der Waals surface area contributed by atoms with Gasteiger partial charge in [0.05, 0.1) is 7.11 Å². The van der Waals surface area contributed by atoms with Crippen molar-refractivity contribution in [1.29, 1.82) is 0 Å². The number of rotatable bonds is 4. The molecule has 1 rings (SSSR count). The average molecular weight is 279 g/mol. The molecule has 4 nitrogen and oxygen atoms in total. The Kier molecular flexibility index (Phi) is 5.17. The summed E-state index contributed by atoms with van der Waals surface area (Å²) in [6.07, 6.45) is -4.29. The van der Waals surface area contributed by atoms with Crippen molar-refractivity contribution >= 4 is 23.0 Å². The smallest absolute Gasteiger partial charge is 0.402 e. The minimum Gasteiger partial charge on any atom is -0.497 e. The zero-order chi connectivity index (χ0) is 13.6. The molecule has 0 aromatic heterocycles. The molecule has 0 saturated carbocycles. The molecule has 0 aliphatic carbocycles. The van der Waals surface area contributed by atoms with Gasteiger partial charge in [-0.25, -0.2) is 5.43 Å². The lowest BCUT2D eigenvalue weighted by Gasteiger charge is -2.13. The quantitative estimate of drug-likeness (QED) is 0.581. The van der Waals surface area contributed by atoms with Gasteiger partial charge < -0.3 is 10.1 Å². The van der Waals surface area contributed by atoms with E-state index in [0.29, 0.717) is 11.4 Å². The van der Waals surface area contributed by atoms with Crippen molar-refractivity contribution in [2.45, 2.75) is 6.18 Å². The first kappa shape index (κ1) is 14.5. The minimum absolute atomic E-state index is 0.0347. The molecule has 8 heteroatoms. The number of hydrogen-bond acceptors (Lipinski definition) is 3. The van der Waals surface area contributed by atoms with Crippen LogP contribution in [0.25, 0.3) is 0 Å². The summed E-state index contributed by atoms with van der Waals surface area (Å²) in [5, 5.41) is 2.75. The van der Waals surface area contributed by atoms with Crippen molar-refractivity contribution < 1.29 is 17.9 Å². The molecule has 0 spiro atoms. The molecule has 0 aliphatic rings. The predicted octanol–water partition coefficient (Wildman–Crippen LogP) is 2.05. The largest absolute Gasteiger partial charge is 0.497 e. The predicted molar refractivity (Wildman–Crippen MR) is 66.4 cm³/mol. The third-order valence-electron chi connectivity index (χ3n) is 1.82. The van der Waals surface area contributed by atoms with Crippen molar-refractivity contribution in [2.75, 3.05) is 19.0 Å². The van der Waals surface area contributed by atoms with Gasteiger partial charge in [0.25, 0.3) is 0 Å². The Balaban J connectivity index is 2.40. The molecular weight excluding hydrogens is 267 g/mol. The number of hydrazine groups is 1. The van der Waals surface area contributed by atoms with Crippen LogP contribution in [0.15, 0.2) is 24.3 Å². The highest BCUT2D eigenvalue weighted by atomic mass is 32.1. The van der Waals surface area contributed by atoms with Crippen molar-refractivity contribution in [3.63, 3.8) is 0 Å². The third-order valence-corrected chi connectivity index (χ3v) is 2.02. The van der Waals surface area contributed by atoms with Crippen molar-refractivity contribution in [3.8, 4) is 5.75 Å². The summed E-state index contributed by atoms with van der Waals surface area (Å²) in [6.45, 7) is -1.17. The van der Waals surface area contributed by atoms with Crippen LogP contribution in [0, 0.1) is 0 Å². The topological polar surface area (TPSA) is 45.3 Å². The number of benzene rings is 1. The van der Waals surface area contributed by atoms with Crippen LogP contribution in [0.5, 0.6) is 5.75 Å². The molecule has 0 fully saturated rings. The summed E-state index contributed by atoms with van der Waals surface area (Å²) >= 11 is 4.81. The molecule has 0 saturated heterocycles. The van der Waals surface area contributed by atoms with Gasteiger partial charge in [-0.1, -0.05) is 6.07 Å². The van der Waals surface area contributed by atoms with Crippen LogP contribution in [0.3, 0.4) is 0 Å². The number of nitrogens with one attached hydrogen (secondary N) is 3. The maximum absolute atomic E-state index is 11.8. The van der Waals surface area contributed by atoms with Gasteiger partial charge in [-0.3, -0.25) is 5.43 Å². The molecule has 0 bridgehead atoms. The fourth-order valence-electron chi connectivity index (χ4n) is 1.09. The molecule has 0 radical (unpaired) electrons. The average Bonchev–Trinajstić information content (AvgIpc) is 2.27. The van der Waals surface area contributed by atoms with Gasteiger partial charge in [-0.05, 0) is 24.4 Å². The number of thiocarbonyl (C=S) groups is 1. The van der Waals surface area contributed by atoms with Crippen LogP contribution in [-0.4, -0.2) is 24.9 Å². The van der Waals surface area contributed by atoms with E-state index < -0.39 is 12.7 Å². The second-order valence-electron chi connectivity index (χ2n) is 3.28. The second-order valence-corrected chi connectivity index (χ2v) is 3.69. The first-order valence-corrected chi connectivity index (χ1v) is 5.32. The number of ether oxygens (including phenoxy) is 1. The molecule has 0 amide bonds. The number of alkyl halides is 3. The maximum atomic E-state index is 11.8. The van der Waals surface area contributed by atoms with E-state index in [9.17, 15) is 13.2 Å². The van der Waals surface area contributed by atoms with E-state index in [2.05, 4.69) is 10.7 Å². The van der Waals surface area contributed by atoms with E-state index in [-0.39, 0.29) is 5.11 Å². The van der Waals surface area contributed by atoms with Gasteiger partial charge in [0.15, 0.2) is 5.11 Å². The lowest BCUT2D eigenvalue weighted by molar-refractivity contribution is -0.125. The Morgan fingerprint density at radius 3 is 2.72 bits per heavy atom. The van der Waals surface area contributed by atoms with E-state index in [1.165, 1.54) is 7.11 Å². The monoisotopic (exact) mass is 279 g/mol. The number of halogens is 3. The van der Waals surface area contributed by atoms with Gasteiger partial charge in [0.1, 0.15) is 12.3 Å². The lowest BCUT2D eigenvalue weighted by Crippen LogP contribution is -2.44. The fraction of sp³-hybridized carbons (Fsp3) is 0.300. The highest BCUT2D eigenvalue weighted by Gasteiger charge is 2.26. The summed E-state index contributed by atoms with van der Waals surface area (Å²) in [4.78, 5) is 0. The van der Waals surface area contributed by atoms with Gasteiger partial charge in [-0.15, -0.1) is 0 Å². The molecule has 0 atom stereocenters. The summed E-state index contributed by atoms with van der Waals surface area (Å²) in [5.74, 6) is 0.617. The van der Waals surface area contributed by atoms with Crippen LogP contribution in [-0.2, 0) is 0 Å². The third kappa shape index (κ3) is 5.69. The summed E-state index contributed by atoms with van der Waals surface area (Å²) in [5.41, 5.74) is 4.81. The van der Waals surface area contributed by atoms with Gasteiger partial charge >= 0.3 is 6.18 Å². The summed E-state index contributed by atoms with van der Waals surface area (Å²) < 4.78 is 40.5. The Morgan fingerprint density at radius 2 is 2.11 bits per heavy atom. The van der Waals surface area contributed by atoms with Gasteiger partial charge in [0, 0.05) is 11.8 Å². The molecule has 1 aromatic carbocycles.